The maximum Gasteiger partial charge on any atom is 0.252 e. The summed E-state index contributed by atoms with van der Waals surface area (Å²) in [5, 5.41) is 9.33. The fraction of sp³-hybridized carbons (Fsp3) is 0.400. The van der Waals surface area contributed by atoms with E-state index in [4.69, 9.17) is 0 Å². The normalized spacial score (nSPS) is 21.2. The summed E-state index contributed by atoms with van der Waals surface area (Å²) in [7, 11) is 3.84. The van der Waals surface area contributed by atoms with Crippen LogP contribution in [0.1, 0.15) is 31.5 Å². The quantitative estimate of drug-likeness (QED) is 0.628. The number of benzene rings is 1. The van der Waals surface area contributed by atoms with E-state index in [1.165, 1.54) is 12.1 Å². The maximum absolute atomic E-state index is 13.2. The van der Waals surface area contributed by atoms with Crippen molar-refractivity contribution in [1.29, 1.82) is 5.26 Å². The molecule has 3 atom stereocenters. The van der Waals surface area contributed by atoms with Gasteiger partial charge in [0.1, 0.15) is 23.1 Å². The topological polar surface area (TPSA) is 65.2 Å². The van der Waals surface area contributed by atoms with Crippen LogP contribution in [0.5, 0.6) is 0 Å². The van der Waals surface area contributed by atoms with Gasteiger partial charge in [-0.05, 0) is 56.1 Å². The van der Waals surface area contributed by atoms with E-state index in [9.17, 15) is 14.4 Å². The molecule has 3 aromatic rings. The van der Waals surface area contributed by atoms with Gasteiger partial charge in [-0.25, -0.2) is 9.37 Å². The highest BCUT2D eigenvalue weighted by atomic mass is 19.1. The molecule has 7 heteroatoms. The number of nitriles is 1. The number of halogens is 1. The monoisotopic (exact) mass is 433 g/mol. The van der Waals surface area contributed by atoms with E-state index in [-0.39, 0.29) is 17.4 Å². The average molecular weight is 434 g/mol. The molecule has 6 nitrogen and oxygen atoms in total. The summed E-state index contributed by atoms with van der Waals surface area (Å²) >= 11 is 0. The van der Waals surface area contributed by atoms with Crippen molar-refractivity contribution in [3.05, 3.63) is 69.9 Å². The Bertz CT molecular complexity index is 1230. The number of aryl methyl sites for hydroxylation is 1. The smallest absolute Gasteiger partial charge is 0.252 e. The van der Waals surface area contributed by atoms with Crippen LogP contribution < -0.4 is 10.5 Å². The lowest BCUT2D eigenvalue weighted by atomic mass is 9.87. The van der Waals surface area contributed by atoms with Crippen molar-refractivity contribution in [2.75, 3.05) is 18.5 Å². The van der Waals surface area contributed by atoms with Crippen molar-refractivity contribution in [3.8, 4) is 6.07 Å². The van der Waals surface area contributed by atoms with E-state index in [2.05, 4.69) is 41.7 Å². The van der Waals surface area contributed by atoms with Gasteiger partial charge in [0.05, 0.1) is 11.2 Å². The maximum atomic E-state index is 13.2. The van der Waals surface area contributed by atoms with Crippen molar-refractivity contribution in [2.45, 2.75) is 38.9 Å². The summed E-state index contributed by atoms with van der Waals surface area (Å²) in [4.78, 5) is 21.8. The zero-order valence-electron chi connectivity index (χ0n) is 18.9. The number of pyridine rings is 2. The number of fused-ring (bicyclic) bond motifs is 1. The third-order valence-corrected chi connectivity index (χ3v) is 6.66. The molecular weight excluding hydrogens is 405 g/mol. The Morgan fingerprint density at radius 3 is 2.62 bits per heavy atom. The van der Waals surface area contributed by atoms with Gasteiger partial charge in [0, 0.05) is 38.3 Å². The minimum Gasteiger partial charge on any atom is -0.366 e. The lowest BCUT2D eigenvalue weighted by Gasteiger charge is -2.46. The highest BCUT2D eigenvalue weighted by Crippen LogP contribution is 2.33. The molecule has 0 saturated carbocycles. The van der Waals surface area contributed by atoms with E-state index in [0.717, 1.165) is 36.3 Å². The molecule has 0 radical (unpaired) electrons. The first-order valence-electron chi connectivity index (χ1n) is 10.9. The van der Waals surface area contributed by atoms with E-state index >= 15 is 0 Å². The number of anilines is 1. The molecule has 32 heavy (non-hydrogen) atoms. The molecule has 1 unspecified atom stereocenters. The molecule has 0 bridgehead atoms. The second kappa shape index (κ2) is 8.71. The van der Waals surface area contributed by atoms with Gasteiger partial charge < -0.3 is 9.47 Å². The molecule has 0 N–H and O–H groups in total. The summed E-state index contributed by atoms with van der Waals surface area (Å²) in [6.07, 6.45) is 0.924. The molecule has 4 rings (SSSR count). The standard InChI is InChI=1S/C25H28FN5O/c1-16-14-31(17(2)11-22(16)29(3)15-18-5-7-19(26)8-6-18)23-12-24(32)30(4)21-10-9-20(13-27)28-25(21)23/h5-10,12,16-17,22H,11,14-15H2,1-4H3/t16?,17-,22-/m0/s1. The lowest BCUT2D eigenvalue weighted by Crippen LogP contribution is -2.53. The Labute approximate surface area is 187 Å². The summed E-state index contributed by atoms with van der Waals surface area (Å²) in [5.74, 6) is 0.121. The molecule has 0 amide bonds. The minimum atomic E-state index is -0.221. The summed E-state index contributed by atoms with van der Waals surface area (Å²) < 4.78 is 14.8. The van der Waals surface area contributed by atoms with Crippen molar-refractivity contribution >= 4 is 16.7 Å². The number of hydrogen-bond donors (Lipinski definition) is 0. The number of piperidine rings is 1. The fourth-order valence-electron chi connectivity index (χ4n) is 4.86. The van der Waals surface area contributed by atoms with Gasteiger partial charge in [-0.15, -0.1) is 0 Å². The predicted octanol–water partition coefficient (Wildman–Crippen LogP) is 3.68. The molecule has 166 valence electrons. The fourth-order valence-corrected chi connectivity index (χ4v) is 4.86. The van der Waals surface area contributed by atoms with Crippen molar-refractivity contribution in [2.24, 2.45) is 13.0 Å². The molecule has 1 aliphatic rings. The van der Waals surface area contributed by atoms with Gasteiger partial charge >= 0.3 is 0 Å². The van der Waals surface area contributed by atoms with E-state index in [1.54, 1.807) is 29.8 Å². The van der Waals surface area contributed by atoms with Gasteiger partial charge in [-0.1, -0.05) is 19.1 Å². The predicted molar refractivity (Wildman–Crippen MR) is 124 cm³/mol. The van der Waals surface area contributed by atoms with Gasteiger partial charge in [0.2, 0.25) is 0 Å². The lowest BCUT2D eigenvalue weighted by molar-refractivity contribution is 0.138. The summed E-state index contributed by atoms with van der Waals surface area (Å²) in [6, 6.07) is 14.4. The molecule has 1 aromatic carbocycles. The molecule has 1 aliphatic heterocycles. The minimum absolute atomic E-state index is 0.0885. The van der Waals surface area contributed by atoms with Crippen LogP contribution in [0.25, 0.3) is 11.0 Å². The third kappa shape index (κ3) is 4.11. The molecule has 0 spiro atoms. The number of rotatable bonds is 4. The molecular formula is C25H28FN5O. The zero-order valence-corrected chi connectivity index (χ0v) is 18.9. The van der Waals surface area contributed by atoms with E-state index in [1.807, 2.05) is 12.1 Å². The van der Waals surface area contributed by atoms with Crippen LogP contribution >= 0.6 is 0 Å². The van der Waals surface area contributed by atoms with Gasteiger partial charge in [-0.2, -0.15) is 5.26 Å². The van der Waals surface area contributed by atoms with Crippen molar-refractivity contribution in [1.82, 2.24) is 14.5 Å². The van der Waals surface area contributed by atoms with Crippen LogP contribution in [-0.2, 0) is 13.6 Å². The molecule has 1 fully saturated rings. The second-order valence-electron chi connectivity index (χ2n) is 8.93. The molecule has 1 saturated heterocycles. The SMILES string of the molecule is CC1CN(c2cc(=O)n(C)c3ccc(C#N)nc23)[C@@H](C)C[C@@H]1N(C)Cc1ccc(F)cc1. The first-order valence-corrected chi connectivity index (χ1v) is 10.9. The van der Waals surface area contributed by atoms with Gasteiger partial charge in [0.25, 0.3) is 5.56 Å². The van der Waals surface area contributed by atoms with Crippen LogP contribution in [0.4, 0.5) is 10.1 Å². The largest absolute Gasteiger partial charge is 0.366 e. The summed E-state index contributed by atoms with van der Waals surface area (Å²) in [6.45, 7) is 5.92. The zero-order chi connectivity index (χ0) is 23.0. The van der Waals surface area contributed by atoms with Crippen LogP contribution in [0.2, 0.25) is 0 Å². The first kappa shape index (κ1) is 22.0. The summed E-state index contributed by atoms with van der Waals surface area (Å²) in [5.41, 5.74) is 3.54. The number of aromatic nitrogens is 2. The molecule has 0 aliphatic carbocycles. The van der Waals surface area contributed by atoms with Crippen molar-refractivity contribution < 1.29 is 4.39 Å². The van der Waals surface area contributed by atoms with Gasteiger partial charge in [-0.3, -0.25) is 9.69 Å². The van der Waals surface area contributed by atoms with Crippen LogP contribution in [-0.4, -0.2) is 40.1 Å². The van der Waals surface area contributed by atoms with Crippen LogP contribution in [0.15, 0.2) is 47.3 Å². The highest BCUT2D eigenvalue weighted by molar-refractivity contribution is 5.88. The van der Waals surface area contributed by atoms with E-state index < -0.39 is 0 Å². The van der Waals surface area contributed by atoms with Crippen molar-refractivity contribution in [3.63, 3.8) is 0 Å². The third-order valence-electron chi connectivity index (χ3n) is 6.66. The Hall–Kier alpha value is -3.24. The van der Waals surface area contributed by atoms with Crippen LogP contribution in [0, 0.1) is 23.1 Å². The average Bonchev–Trinajstić information content (AvgIpc) is 2.78. The Morgan fingerprint density at radius 2 is 1.94 bits per heavy atom. The Morgan fingerprint density at radius 1 is 1.22 bits per heavy atom. The number of nitrogens with zero attached hydrogens (tertiary/aromatic N) is 5. The van der Waals surface area contributed by atoms with Gasteiger partial charge in [0.15, 0.2) is 0 Å². The second-order valence-corrected chi connectivity index (χ2v) is 8.93. The highest BCUT2D eigenvalue weighted by Gasteiger charge is 2.34. The number of hydrogen-bond acceptors (Lipinski definition) is 5. The van der Waals surface area contributed by atoms with E-state index in [0.29, 0.717) is 23.2 Å². The molecule has 3 heterocycles. The Kier molecular flexibility index (Phi) is 5.98. The Balaban J connectivity index is 1.62. The first-order chi connectivity index (χ1) is 15.3. The molecule has 2 aromatic heterocycles. The van der Waals surface area contributed by atoms with Crippen LogP contribution in [0.3, 0.4) is 0 Å².